The van der Waals surface area contributed by atoms with E-state index in [9.17, 15) is 9.59 Å². The number of fused-ring (bicyclic) bond motifs is 4. The lowest BCUT2D eigenvalue weighted by Crippen LogP contribution is -2.46. The van der Waals surface area contributed by atoms with Gasteiger partial charge in [0.1, 0.15) is 17.0 Å². The molecule has 1 unspecified atom stereocenters. The van der Waals surface area contributed by atoms with Gasteiger partial charge < -0.3 is 15.0 Å². The van der Waals surface area contributed by atoms with Gasteiger partial charge in [-0.1, -0.05) is 17.7 Å². The van der Waals surface area contributed by atoms with Gasteiger partial charge in [-0.3, -0.25) is 9.59 Å². The van der Waals surface area contributed by atoms with Crippen molar-refractivity contribution in [2.24, 2.45) is 0 Å². The Morgan fingerprint density at radius 2 is 1.90 bits per heavy atom. The highest BCUT2D eigenvalue weighted by Crippen LogP contribution is 2.52. The van der Waals surface area contributed by atoms with E-state index >= 15 is 0 Å². The van der Waals surface area contributed by atoms with Gasteiger partial charge in [0, 0.05) is 24.2 Å². The van der Waals surface area contributed by atoms with Gasteiger partial charge in [0.25, 0.3) is 0 Å². The number of methoxy groups -OCH3 is 1. The van der Waals surface area contributed by atoms with Crippen molar-refractivity contribution in [3.63, 3.8) is 0 Å². The van der Waals surface area contributed by atoms with Crippen LogP contribution in [0.5, 0.6) is 5.75 Å². The second-order valence-electron chi connectivity index (χ2n) is 7.72. The third-order valence-electron chi connectivity index (χ3n) is 6.06. The number of anilines is 2. The molecule has 0 fully saturated rings. The third-order valence-corrected chi connectivity index (χ3v) is 6.06. The Kier molecular flexibility index (Phi) is 3.96. The number of likely N-dealkylation sites (N-methyl/N-ethyl adjacent to an activating group) is 1. The maximum absolute atomic E-state index is 13.7. The minimum absolute atomic E-state index is 0.0695. The van der Waals surface area contributed by atoms with Crippen molar-refractivity contribution >= 4 is 23.3 Å². The highest BCUT2D eigenvalue weighted by atomic mass is 16.5. The number of rotatable bonds is 3. The molecule has 0 saturated heterocycles. The molecule has 152 valence electrons. The number of aromatic nitrogens is 2. The molecule has 5 rings (SSSR count). The molecular formula is C23H22N4O3. The van der Waals surface area contributed by atoms with Crippen molar-refractivity contribution in [3.05, 3.63) is 65.4 Å². The van der Waals surface area contributed by atoms with Crippen molar-refractivity contribution in [2.45, 2.75) is 25.7 Å². The van der Waals surface area contributed by atoms with Gasteiger partial charge in [0.2, 0.25) is 11.8 Å². The van der Waals surface area contributed by atoms with Crippen LogP contribution in [0.4, 0.5) is 11.5 Å². The van der Waals surface area contributed by atoms with Crippen molar-refractivity contribution in [1.29, 1.82) is 0 Å². The van der Waals surface area contributed by atoms with E-state index in [1.54, 1.807) is 22.9 Å². The molecule has 1 atom stereocenters. The van der Waals surface area contributed by atoms with E-state index in [1.807, 2.05) is 56.3 Å². The Balaban J connectivity index is 1.74. The monoisotopic (exact) mass is 402 g/mol. The fraction of sp³-hybridized carbons (Fsp3) is 0.261. The number of hydrogen-bond donors (Lipinski definition) is 1. The number of amides is 2. The molecule has 3 aromatic rings. The van der Waals surface area contributed by atoms with Crippen LogP contribution < -0.4 is 15.0 Å². The number of hydrogen-bond acceptors (Lipinski definition) is 4. The lowest BCUT2D eigenvalue weighted by atomic mass is 9.71. The standard InChI is InChI=1S/C23H22N4O3/c1-4-26-19-10-5-14(2)11-17(19)23(22(26)29)12-20(28)25-21-18(23)13-24-27(21)15-6-8-16(30-3)9-7-15/h5-11,13H,4,12H2,1-3H3,(H,25,28). The van der Waals surface area contributed by atoms with Gasteiger partial charge in [-0.2, -0.15) is 5.10 Å². The Labute approximate surface area is 174 Å². The Bertz CT molecular complexity index is 1180. The summed E-state index contributed by atoms with van der Waals surface area (Å²) in [6.45, 7) is 4.49. The molecule has 30 heavy (non-hydrogen) atoms. The molecule has 0 saturated carbocycles. The molecule has 2 amide bonds. The number of carbonyl (C=O) groups is 2. The zero-order chi connectivity index (χ0) is 21.0. The first-order valence-corrected chi connectivity index (χ1v) is 9.95. The highest BCUT2D eigenvalue weighted by Gasteiger charge is 2.56. The average Bonchev–Trinajstić information content (AvgIpc) is 3.26. The Hall–Kier alpha value is -3.61. The SMILES string of the molecule is CCN1C(=O)C2(CC(=O)Nc3c2cnn3-c2ccc(OC)cc2)c2cc(C)ccc21. The molecule has 2 aliphatic rings. The summed E-state index contributed by atoms with van der Waals surface area (Å²) < 4.78 is 6.90. The normalized spacial score (nSPS) is 19.6. The van der Waals surface area contributed by atoms with Crippen LogP contribution in [-0.2, 0) is 15.0 Å². The van der Waals surface area contributed by atoms with E-state index in [0.29, 0.717) is 12.4 Å². The van der Waals surface area contributed by atoms with E-state index in [-0.39, 0.29) is 18.2 Å². The van der Waals surface area contributed by atoms with Gasteiger partial charge in [-0.25, -0.2) is 4.68 Å². The molecule has 0 radical (unpaired) electrons. The molecular weight excluding hydrogens is 380 g/mol. The molecule has 2 aromatic carbocycles. The van der Waals surface area contributed by atoms with Crippen LogP contribution in [0.3, 0.4) is 0 Å². The first kappa shape index (κ1) is 18.4. The average molecular weight is 402 g/mol. The topological polar surface area (TPSA) is 76.5 Å². The molecule has 7 heteroatoms. The summed E-state index contributed by atoms with van der Waals surface area (Å²) in [7, 11) is 1.61. The van der Waals surface area contributed by atoms with E-state index in [0.717, 1.165) is 33.8 Å². The van der Waals surface area contributed by atoms with Crippen LogP contribution in [0.15, 0.2) is 48.7 Å². The third kappa shape index (κ3) is 2.35. The van der Waals surface area contributed by atoms with E-state index in [4.69, 9.17) is 4.74 Å². The second-order valence-corrected chi connectivity index (χ2v) is 7.72. The van der Waals surface area contributed by atoms with Crippen LogP contribution in [0, 0.1) is 6.92 Å². The van der Waals surface area contributed by atoms with Gasteiger partial charge in [-0.05, 0) is 49.7 Å². The molecule has 0 aliphatic carbocycles. The molecule has 3 heterocycles. The lowest BCUT2D eigenvalue weighted by Gasteiger charge is -2.32. The van der Waals surface area contributed by atoms with Crippen LogP contribution >= 0.6 is 0 Å². The summed E-state index contributed by atoms with van der Waals surface area (Å²) in [4.78, 5) is 28.3. The number of nitrogens with zero attached hydrogens (tertiary/aromatic N) is 3. The largest absolute Gasteiger partial charge is 0.497 e. The minimum atomic E-state index is -1.06. The van der Waals surface area contributed by atoms with Crippen molar-refractivity contribution in [1.82, 2.24) is 9.78 Å². The maximum atomic E-state index is 13.7. The predicted octanol–water partition coefficient (Wildman–Crippen LogP) is 3.18. The van der Waals surface area contributed by atoms with E-state index in [2.05, 4.69) is 10.4 Å². The number of benzene rings is 2. The zero-order valence-corrected chi connectivity index (χ0v) is 17.1. The molecule has 1 N–H and O–H groups in total. The predicted molar refractivity (Wildman–Crippen MR) is 113 cm³/mol. The summed E-state index contributed by atoms with van der Waals surface area (Å²) in [5.74, 6) is 0.997. The first-order valence-electron chi connectivity index (χ1n) is 9.95. The fourth-order valence-corrected chi connectivity index (χ4v) is 4.64. The van der Waals surface area contributed by atoms with Crippen molar-refractivity contribution in [2.75, 3.05) is 23.9 Å². The van der Waals surface area contributed by atoms with Gasteiger partial charge in [0.15, 0.2) is 0 Å². The first-order chi connectivity index (χ1) is 14.5. The van der Waals surface area contributed by atoms with Crippen molar-refractivity contribution < 1.29 is 14.3 Å². The minimum Gasteiger partial charge on any atom is -0.497 e. The fourth-order valence-electron chi connectivity index (χ4n) is 4.64. The molecule has 2 aliphatic heterocycles. The van der Waals surface area contributed by atoms with Gasteiger partial charge >= 0.3 is 0 Å². The number of ether oxygens (including phenoxy) is 1. The molecule has 7 nitrogen and oxygen atoms in total. The summed E-state index contributed by atoms with van der Waals surface area (Å²) in [5, 5.41) is 7.49. The number of nitrogens with one attached hydrogen (secondary N) is 1. The van der Waals surface area contributed by atoms with Gasteiger partial charge in [-0.15, -0.1) is 0 Å². The molecule has 0 bridgehead atoms. The Morgan fingerprint density at radius 3 is 2.60 bits per heavy atom. The zero-order valence-electron chi connectivity index (χ0n) is 17.1. The Morgan fingerprint density at radius 1 is 1.13 bits per heavy atom. The van der Waals surface area contributed by atoms with Crippen LogP contribution in [0.25, 0.3) is 5.69 Å². The smallest absolute Gasteiger partial charge is 0.242 e. The maximum Gasteiger partial charge on any atom is 0.242 e. The molecule has 1 aromatic heterocycles. The van der Waals surface area contributed by atoms with Crippen molar-refractivity contribution in [3.8, 4) is 11.4 Å². The summed E-state index contributed by atoms with van der Waals surface area (Å²) in [5.41, 5.74) is 3.24. The lowest BCUT2D eigenvalue weighted by molar-refractivity contribution is -0.126. The van der Waals surface area contributed by atoms with E-state index in [1.165, 1.54) is 0 Å². The quantitative estimate of drug-likeness (QED) is 0.730. The summed E-state index contributed by atoms with van der Waals surface area (Å²) >= 11 is 0. The molecule has 1 spiro atoms. The van der Waals surface area contributed by atoms with Gasteiger partial charge in [0.05, 0.1) is 19.0 Å². The van der Waals surface area contributed by atoms with Crippen LogP contribution in [0.1, 0.15) is 30.0 Å². The van der Waals surface area contributed by atoms with Crippen LogP contribution in [0.2, 0.25) is 0 Å². The number of aryl methyl sites for hydroxylation is 1. The van der Waals surface area contributed by atoms with Crippen LogP contribution in [-0.4, -0.2) is 35.2 Å². The highest BCUT2D eigenvalue weighted by molar-refractivity contribution is 6.15. The summed E-state index contributed by atoms with van der Waals surface area (Å²) in [6, 6.07) is 13.4. The van der Waals surface area contributed by atoms with E-state index < -0.39 is 5.41 Å². The number of carbonyl (C=O) groups excluding carboxylic acids is 2. The summed E-state index contributed by atoms with van der Waals surface area (Å²) in [6.07, 6.45) is 1.78. The second kappa shape index (κ2) is 6.45.